The van der Waals surface area contributed by atoms with Gasteiger partial charge in [-0.3, -0.25) is 0 Å². The summed E-state index contributed by atoms with van der Waals surface area (Å²) in [5, 5.41) is 0. The van der Waals surface area contributed by atoms with Crippen LogP contribution in [0.1, 0.15) is 0 Å². The Hall–Kier alpha value is -1.99. The molecule has 5 nitrogen and oxygen atoms in total. The molecule has 0 unspecified atom stereocenters. The fourth-order valence-electron chi connectivity index (χ4n) is 2.01. The SMILES string of the molecule is O=S(=O)(c1ccc(F)cc1)N1CC(Oc2ccccn2)C1. The number of hydrogen-bond donors (Lipinski definition) is 0. The zero-order chi connectivity index (χ0) is 14.9. The molecule has 3 rings (SSSR count). The smallest absolute Gasteiger partial charge is 0.243 e. The second kappa shape index (κ2) is 5.42. The third-order valence-corrected chi connectivity index (χ3v) is 5.04. The maximum atomic E-state index is 12.8. The van der Waals surface area contributed by atoms with E-state index in [-0.39, 0.29) is 24.1 Å². The first-order valence-electron chi connectivity index (χ1n) is 6.39. The third kappa shape index (κ3) is 2.88. The highest BCUT2D eigenvalue weighted by atomic mass is 32.2. The van der Waals surface area contributed by atoms with Gasteiger partial charge in [0.05, 0.1) is 18.0 Å². The molecule has 1 aromatic heterocycles. The van der Waals surface area contributed by atoms with E-state index in [1.807, 2.05) is 0 Å². The molecule has 110 valence electrons. The van der Waals surface area contributed by atoms with Crippen molar-refractivity contribution in [1.82, 2.24) is 9.29 Å². The first-order valence-corrected chi connectivity index (χ1v) is 7.83. The van der Waals surface area contributed by atoms with Gasteiger partial charge in [-0.2, -0.15) is 4.31 Å². The van der Waals surface area contributed by atoms with Crippen LogP contribution in [0.5, 0.6) is 5.88 Å². The number of pyridine rings is 1. The van der Waals surface area contributed by atoms with Crippen molar-refractivity contribution < 1.29 is 17.5 Å². The van der Waals surface area contributed by atoms with Crippen LogP contribution in [0.4, 0.5) is 4.39 Å². The Kier molecular flexibility index (Phi) is 3.60. The lowest BCUT2D eigenvalue weighted by atomic mass is 10.2. The molecule has 0 aliphatic carbocycles. The molecular weight excluding hydrogens is 295 g/mol. The van der Waals surface area contributed by atoms with Gasteiger partial charge < -0.3 is 4.74 Å². The maximum absolute atomic E-state index is 12.8. The molecule has 21 heavy (non-hydrogen) atoms. The molecule has 0 atom stereocenters. The third-order valence-electron chi connectivity index (χ3n) is 3.19. The Morgan fingerprint density at radius 2 is 1.86 bits per heavy atom. The molecule has 1 aliphatic rings. The van der Waals surface area contributed by atoms with Gasteiger partial charge in [-0.1, -0.05) is 6.07 Å². The normalized spacial score (nSPS) is 16.4. The lowest BCUT2D eigenvalue weighted by molar-refractivity contribution is 0.0721. The van der Waals surface area contributed by atoms with E-state index in [0.29, 0.717) is 5.88 Å². The molecule has 7 heteroatoms. The second-order valence-corrected chi connectivity index (χ2v) is 6.62. The lowest BCUT2D eigenvalue weighted by Crippen LogP contribution is -2.56. The van der Waals surface area contributed by atoms with Gasteiger partial charge in [0.2, 0.25) is 15.9 Å². The predicted octanol–water partition coefficient (Wildman–Crippen LogP) is 1.67. The largest absolute Gasteiger partial charge is 0.472 e. The van der Waals surface area contributed by atoms with Crippen molar-refractivity contribution in [2.75, 3.05) is 13.1 Å². The van der Waals surface area contributed by atoms with E-state index < -0.39 is 15.8 Å². The van der Waals surface area contributed by atoms with Gasteiger partial charge in [-0.15, -0.1) is 0 Å². The van der Waals surface area contributed by atoms with Crippen LogP contribution >= 0.6 is 0 Å². The van der Waals surface area contributed by atoms with Crippen molar-refractivity contribution in [3.8, 4) is 5.88 Å². The van der Waals surface area contributed by atoms with Crippen LogP contribution in [-0.2, 0) is 10.0 Å². The van der Waals surface area contributed by atoms with Crippen LogP contribution in [0.2, 0.25) is 0 Å². The number of nitrogens with zero attached hydrogens (tertiary/aromatic N) is 2. The molecule has 0 saturated carbocycles. The van der Waals surface area contributed by atoms with Crippen molar-refractivity contribution in [1.29, 1.82) is 0 Å². The van der Waals surface area contributed by atoms with E-state index in [0.717, 1.165) is 12.1 Å². The minimum atomic E-state index is -3.58. The summed E-state index contributed by atoms with van der Waals surface area (Å²) in [5.74, 6) is 0.00949. The Morgan fingerprint density at radius 1 is 1.14 bits per heavy atom. The van der Waals surface area contributed by atoms with E-state index in [9.17, 15) is 12.8 Å². The maximum Gasteiger partial charge on any atom is 0.243 e. The molecule has 2 heterocycles. The van der Waals surface area contributed by atoms with Crippen molar-refractivity contribution in [3.63, 3.8) is 0 Å². The van der Waals surface area contributed by atoms with Gasteiger partial charge >= 0.3 is 0 Å². The van der Waals surface area contributed by atoms with Crippen molar-refractivity contribution in [3.05, 3.63) is 54.5 Å². The summed E-state index contributed by atoms with van der Waals surface area (Å²) in [4.78, 5) is 4.11. The number of aromatic nitrogens is 1. The van der Waals surface area contributed by atoms with Crippen molar-refractivity contribution in [2.24, 2.45) is 0 Å². The fourth-order valence-corrected chi connectivity index (χ4v) is 3.52. The Balaban J connectivity index is 1.64. The molecule has 0 radical (unpaired) electrons. The number of benzene rings is 1. The summed E-state index contributed by atoms with van der Waals surface area (Å²) >= 11 is 0. The van der Waals surface area contributed by atoms with Crippen LogP contribution in [0.15, 0.2) is 53.6 Å². The van der Waals surface area contributed by atoms with Gasteiger partial charge in [-0.25, -0.2) is 17.8 Å². The van der Waals surface area contributed by atoms with Gasteiger partial charge in [0.1, 0.15) is 11.9 Å². The molecule has 1 fully saturated rings. The molecule has 2 aromatic rings. The average Bonchev–Trinajstić information content (AvgIpc) is 2.44. The molecule has 1 aromatic carbocycles. The molecule has 1 saturated heterocycles. The topological polar surface area (TPSA) is 59.5 Å². The summed E-state index contributed by atoms with van der Waals surface area (Å²) in [5.41, 5.74) is 0. The molecule has 0 bridgehead atoms. The monoisotopic (exact) mass is 308 g/mol. The highest BCUT2D eigenvalue weighted by molar-refractivity contribution is 7.89. The zero-order valence-corrected chi connectivity index (χ0v) is 11.8. The Morgan fingerprint density at radius 3 is 2.48 bits per heavy atom. The van der Waals surface area contributed by atoms with Gasteiger partial charge in [0.15, 0.2) is 0 Å². The van der Waals surface area contributed by atoms with Gasteiger partial charge in [0, 0.05) is 12.3 Å². The number of ether oxygens (including phenoxy) is 1. The van der Waals surface area contributed by atoms with Crippen molar-refractivity contribution >= 4 is 10.0 Å². The number of halogens is 1. The van der Waals surface area contributed by atoms with Gasteiger partial charge in [-0.05, 0) is 30.3 Å². The molecule has 1 aliphatic heterocycles. The van der Waals surface area contributed by atoms with Crippen LogP contribution < -0.4 is 4.74 Å². The number of sulfonamides is 1. The van der Waals surface area contributed by atoms with E-state index in [1.54, 1.807) is 24.4 Å². The molecular formula is C14H13FN2O3S. The predicted molar refractivity (Wildman–Crippen MR) is 73.8 cm³/mol. The number of rotatable bonds is 4. The minimum absolute atomic E-state index is 0.0835. The Labute approximate surface area is 122 Å². The Bertz CT molecular complexity index is 714. The summed E-state index contributed by atoms with van der Waals surface area (Å²) in [6.07, 6.45) is 1.40. The standard InChI is InChI=1S/C14H13FN2O3S/c15-11-4-6-13(7-5-11)21(18,19)17-9-12(10-17)20-14-3-1-2-8-16-14/h1-8,12H,9-10H2. The molecule has 0 N–H and O–H groups in total. The van der Waals surface area contributed by atoms with E-state index in [2.05, 4.69) is 4.98 Å². The van der Waals surface area contributed by atoms with Crippen LogP contribution in [-0.4, -0.2) is 36.9 Å². The van der Waals surface area contributed by atoms with E-state index in [1.165, 1.54) is 16.4 Å². The van der Waals surface area contributed by atoms with Crippen LogP contribution in [0.25, 0.3) is 0 Å². The summed E-state index contributed by atoms with van der Waals surface area (Å²) in [6, 6.07) is 10.1. The number of hydrogen-bond acceptors (Lipinski definition) is 4. The molecule has 0 amide bonds. The van der Waals surface area contributed by atoms with E-state index >= 15 is 0 Å². The summed E-state index contributed by atoms with van der Waals surface area (Å²) in [6.45, 7) is 0.520. The quantitative estimate of drug-likeness (QED) is 0.862. The zero-order valence-electron chi connectivity index (χ0n) is 11.0. The first-order chi connectivity index (χ1) is 10.1. The van der Waals surface area contributed by atoms with Crippen molar-refractivity contribution in [2.45, 2.75) is 11.0 Å². The minimum Gasteiger partial charge on any atom is -0.472 e. The van der Waals surface area contributed by atoms with Crippen LogP contribution in [0.3, 0.4) is 0 Å². The average molecular weight is 308 g/mol. The van der Waals surface area contributed by atoms with Crippen LogP contribution in [0, 0.1) is 5.82 Å². The summed E-state index contributed by atoms with van der Waals surface area (Å²) < 4.78 is 44.2. The second-order valence-electron chi connectivity index (χ2n) is 4.68. The highest BCUT2D eigenvalue weighted by Gasteiger charge is 2.38. The van der Waals surface area contributed by atoms with E-state index in [4.69, 9.17) is 4.74 Å². The van der Waals surface area contributed by atoms with Gasteiger partial charge in [0.25, 0.3) is 0 Å². The molecule has 0 spiro atoms. The lowest BCUT2D eigenvalue weighted by Gasteiger charge is -2.37. The fraction of sp³-hybridized carbons (Fsp3) is 0.214. The highest BCUT2D eigenvalue weighted by Crippen LogP contribution is 2.24. The first kappa shape index (κ1) is 14.0. The summed E-state index contributed by atoms with van der Waals surface area (Å²) in [7, 11) is -3.58.